The Hall–Kier alpha value is -4.94. The van der Waals surface area contributed by atoms with E-state index in [1.54, 1.807) is 7.11 Å². The fourth-order valence-electron chi connectivity index (χ4n) is 6.61. The zero-order valence-electron chi connectivity index (χ0n) is 23.9. The van der Waals surface area contributed by atoms with Crippen LogP contribution in [-0.2, 0) is 6.42 Å². The molecule has 0 spiro atoms. The molecule has 3 heterocycles. The van der Waals surface area contributed by atoms with Crippen LogP contribution in [0, 0.1) is 6.92 Å². The molecular formula is C37H29N3O2S. The van der Waals surface area contributed by atoms with E-state index in [9.17, 15) is 4.79 Å². The highest BCUT2D eigenvalue weighted by atomic mass is 32.1. The van der Waals surface area contributed by atoms with E-state index in [-0.39, 0.29) is 11.6 Å². The highest BCUT2D eigenvalue weighted by molar-refractivity contribution is 7.07. The Kier molecular flexibility index (Phi) is 6.05. The van der Waals surface area contributed by atoms with E-state index in [2.05, 4.69) is 84.7 Å². The van der Waals surface area contributed by atoms with Gasteiger partial charge < -0.3 is 9.72 Å². The summed E-state index contributed by atoms with van der Waals surface area (Å²) in [6, 6.07) is 33.0. The molecule has 0 saturated carbocycles. The number of aromatic nitrogens is 2. The van der Waals surface area contributed by atoms with Gasteiger partial charge in [-0.25, -0.2) is 4.99 Å². The summed E-state index contributed by atoms with van der Waals surface area (Å²) in [6.07, 6.45) is 3.85. The van der Waals surface area contributed by atoms with E-state index in [1.807, 2.05) is 34.9 Å². The molecule has 2 aromatic heterocycles. The first kappa shape index (κ1) is 25.7. The average Bonchev–Trinajstić information content (AvgIpc) is 3.58. The first-order valence-corrected chi connectivity index (χ1v) is 15.4. The van der Waals surface area contributed by atoms with E-state index >= 15 is 0 Å². The van der Waals surface area contributed by atoms with E-state index < -0.39 is 0 Å². The van der Waals surface area contributed by atoms with Crippen molar-refractivity contribution < 1.29 is 4.74 Å². The summed E-state index contributed by atoms with van der Waals surface area (Å²) in [4.78, 5) is 24.0. The van der Waals surface area contributed by atoms with Gasteiger partial charge in [0.15, 0.2) is 4.80 Å². The number of rotatable bonds is 4. The minimum Gasteiger partial charge on any atom is -0.497 e. The van der Waals surface area contributed by atoms with Crippen molar-refractivity contribution in [2.24, 2.45) is 4.99 Å². The number of ether oxygens (including phenoxy) is 1. The number of fused-ring (bicyclic) bond motifs is 4. The Morgan fingerprint density at radius 3 is 2.53 bits per heavy atom. The van der Waals surface area contributed by atoms with Crippen LogP contribution in [0.1, 0.15) is 40.3 Å². The lowest BCUT2D eigenvalue weighted by Crippen LogP contribution is -2.38. The number of thiazole rings is 1. The number of allylic oxidation sites excluding steroid dienone is 1. The summed E-state index contributed by atoms with van der Waals surface area (Å²) in [5, 5.41) is 1.10. The van der Waals surface area contributed by atoms with Gasteiger partial charge in [0, 0.05) is 22.0 Å². The molecule has 210 valence electrons. The maximum atomic E-state index is 14.4. The Morgan fingerprint density at radius 2 is 1.72 bits per heavy atom. The summed E-state index contributed by atoms with van der Waals surface area (Å²) >= 11 is 1.47. The van der Waals surface area contributed by atoms with Crippen LogP contribution >= 0.6 is 11.3 Å². The third kappa shape index (κ3) is 4.13. The third-order valence-corrected chi connectivity index (χ3v) is 9.71. The molecule has 0 bridgehead atoms. The number of para-hydroxylation sites is 1. The van der Waals surface area contributed by atoms with Gasteiger partial charge in [-0.3, -0.25) is 9.36 Å². The molecule has 2 aliphatic rings. The van der Waals surface area contributed by atoms with E-state index in [0.717, 1.165) is 62.4 Å². The van der Waals surface area contributed by atoms with Crippen LogP contribution in [0.15, 0.2) is 112 Å². The molecule has 0 amide bonds. The highest BCUT2D eigenvalue weighted by Crippen LogP contribution is 2.41. The fourth-order valence-corrected chi connectivity index (χ4v) is 7.59. The molecule has 43 heavy (non-hydrogen) atoms. The van der Waals surface area contributed by atoms with Crippen LogP contribution in [0.25, 0.3) is 33.9 Å². The van der Waals surface area contributed by atoms with Gasteiger partial charge >= 0.3 is 0 Å². The number of nitrogens with one attached hydrogen (secondary N) is 1. The molecular weight excluding hydrogens is 550 g/mol. The standard InChI is InChI=1S/C37H29N3O2S/c1-22-9-8-14-28-30(33(38-32(22)28)24-11-4-3-5-12-24)21-31-36(41)40-35(25-15-18-26(42-2)19-16-25)29-20-17-23-10-6-7-13-27(23)34(29)39-37(40)43-31/h3-16,18-19,21,35,38H,17,20H2,1-2H3/b31-21+/t35-/m0/s1. The van der Waals surface area contributed by atoms with Gasteiger partial charge in [-0.2, -0.15) is 0 Å². The number of methoxy groups -OCH3 is 1. The lowest BCUT2D eigenvalue weighted by Gasteiger charge is -2.30. The summed E-state index contributed by atoms with van der Waals surface area (Å²) in [7, 11) is 1.67. The number of hydrogen-bond acceptors (Lipinski definition) is 4. The van der Waals surface area contributed by atoms with Gasteiger partial charge in [-0.15, -0.1) is 0 Å². The molecule has 6 aromatic rings. The molecule has 4 aromatic carbocycles. The molecule has 1 N–H and O–H groups in total. The normalized spacial score (nSPS) is 16.0. The van der Waals surface area contributed by atoms with Crippen molar-refractivity contribution in [3.05, 3.63) is 150 Å². The van der Waals surface area contributed by atoms with Crippen LogP contribution in [0.5, 0.6) is 5.75 Å². The van der Waals surface area contributed by atoms with E-state index in [1.165, 1.54) is 33.6 Å². The van der Waals surface area contributed by atoms with Crippen molar-refractivity contribution in [3.63, 3.8) is 0 Å². The fraction of sp³-hybridized carbons (Fsp3) is 0.135. The molecule has 8 rings (SSSR count). The molecule has 0 saturated heterocycles. The average molecular weight is 580 g/mol. The molecule has 0 fully saturated rings. The van der Waals surface area contributed by atoms with Gasteiger partial charge in [0.25, 0.3) is 5.56 Å². The summed E-state index contributed by atoms with van der Waals surface area (Å²) in [5.41, 5.74) is 11.1. The monoisotopic (exact) mass is 579 g/mol. The van der Waals surface area contributed by atoms with Gasteiger partial charge in [-0.05, 0) is 65.8 Å². The second-order valence-electron chi connectivity index (χ2n) is 11.2. The number of hydrogen-bond donors (Lipinski definition) is 1. The van der Waals surface area contributed by atoms with Crippen LogP contribution in [0.4, 0.5) is 0 Å². The largest absolute Gasteiger partial charge is 0.497 e. The van der Waals surface area contributed by atoms with Crippen molar-refractivity contribution in [2.45, 2.75) is 25.8 Å². The number of benzene rings is 4. The summed E-state index contributed by atoms with van der Waals surface area (Å²) < 4.78 is 8.03. The zero-order valence-corrected chi connectivity index (χ0v) is 24.7. The predicted octanol–water partition coefficient (Wildman–Crippen LogP) is 6.78. The van der Waals surface area contributed by atoms with Crippen molar-refractivity contribution in [1.82, 2.24) is 9.55 Å². The van der Waals surface area contributed by atoms with Crippen LogP contribution in [0.3, 0.4) is 0 Å². The van der Waals surface area contributed by atoms with Crippen molar-refractivity contribution in [1.29, 1.82) is 0 Å². The number of nitrogens with zero attached hydrogens (tertiary/aromatic N) is 2. The lowest BCUT2D eigenvalue weighted by atomic mass is 9.83. The molecule has 1 aliphatic heterocycles. The van der Waals surface area contributed by atoms with Gasteiger partial charge in [0.1, 0.15) is 5.75 Å². The molecule has 0 unspecified atom stereocenters. The highest BCUT2D eigenvalue weighted by Gasteiger charge is 2.32. The van der Waals surface area contributed by atoms with Crippen molar-refractivity contribution >= 4 is 34.0 Å². The Labute approximate surface area is 252 Å². The van der Waals surface area contributed by atoms with Gasteiger partial charge in [0.05, 0.1) is 29.1 Å². The smallest absolute Gasteiger partial charge is 0.271 e. The lowest BCUT2D eigenvalue weighted by molar-refractivity contribution is 0.414. The summed E-state index contributed by atoms with van der Waals surface area (Å²) in [6.45, 7) is 2.11. The molecule has 1 atom stereocenters. The first-order valence-electron chi connectivity index (χ1n) is 14.5. The Bertz CT molecular complexity index is 2250. The second-order valence-corrected chi connectivity index (χ2v) is 12.2. The van der Waals surface area contributed by atoms with Crippen LogP contribution in [0.2, 0.25) is 0 Å². The van der Waals surface area contributed by atoms with Crippen LogP contribution < -0.4 is 19.6 Å². The predicted molar refractivity (Wildman–Crippen MR) is 174 cm³/mol. The molecule has 5 nitrogen and oxygen atoms in total. The second kappa shape index (κ2) is 10.1. The number of aromatic amines is 1. The van der Waals surface area contributed by atoms with Crippen LogP contribution in [-0.4, -0.2) is 16.7 Å². The maximum absolute atomic E-state index is 14.4. The molecule has 0 radical (unpaired) electrons. The third-order valence-electron chi connectivity index (χ3n) is 8.72. The van der Waals surface area contributed by atoms with E-state index in [0.29, 0.717) is 4.53 Å². The van der Waals surface area contributed by atoms with Crippen molar-refractivity contribution in [2.75, 3.05) is 7.11 Å². The van der Waals surface area contributed by atoms with Crippen molar-refractivity contribution in [3.8, 4) is 17.0 Å². The maximum Gasteiger partial charge on any atom is 0.271 e. The van der Waals surface area contributed by atoms with Gasteiger partial charge in [0.2, 0.25) is 0 Å². The van der Waals surface area contributed by atoms with E-state index in [4.69, 9.17) is 9.73 Å². The Morgan fingerprint density at radius 1 is 0.930 bits per heavy atom. The first-order chi connectivity index (χ1) is 21.1. The quantitative estimate of drug-likeness (QED) is 0.250. The number of aryl methyl sites for hydroxylation is 2. The minimum absolute atomic E-state index is 0.0176. The number of H-pyrrole nitrogens is 1. The minimum atomic E-state index is -0.230. The zero-order chi connectivity index (χ0) is 29.1. The topological polar surface area (TPSA) is 59.4 Å². The summed E-state index contributed by atoms with van der Waals surface area (Å²) in [5.74, 6) is 0.794. The molecule has 1 aliphatic carbocycles. The Balaban J connectivity index is 1.40. The van der Waals surface area contributed by atoms with Gasteiger partial charge in [-0.1, -0.05) is 96.3 Å². The molecule has 6 heteroatoms. The SMILES string of the molecule is COc1ccc([C@H]2C3=C(N=c4s/c(=C/c5c(-c6ccccc6)[nH]c6c(C)cccc56)c(=O)n42)c2ccccc2CC3)cc1.